The van der Waals surface area contributed by atoms with Crippen molar-refractivity contribution in [3.8, 4) is 0 Å². The predicted molar refractivity (Wildman–Crippen MR) is 94.1 cm³/mol. The first-order valence-corrected chi connectivity index (χ1v) is 8.69. The van der Waals surface area contributed by atoms with E-state index in [0.717, 1.165) is 16.8 Å². The molecule has 1 rings (SSSR count). The highest BCUT2D eigenvalue weighted by atomic mass is 79.9. The normalized spacial score (nSPS) is 11.9. The molecular weight excluding hydrogens is 362 g/mol. The first-order valence-electron chi connectivity index (χ1n) is 7.57. The fourth-order valence-electron chi connectivity index (χ4n) is 2.53. The SMILES string of the molecule is CCOC(=O)C(CCBr)N(C(=O)COC)c1c(C)cccc1C. The molecule has 6 heteroatoms. The molecule has 0 saturated heterocycles. The minimum absolute atomic E-state index is 0.0913. The second-order valence-corrected chi connectivity index (χ2v) is 5.98. The van der Waals surface area contributed by atoms with Crippen molar-refractivity contribution in [2.24, 2.45) is 0 Å². The van der Waals surface area contributed by atoms with Crippen molar-refractivity contribution in [1.29, 1.82) is 0 Å². The number of hydrogen-bond donors (Lipinski definition) is 0. The van der Waals surface area contributed by atoms with E-state index in [1.165, 1.54) is 12.0 Å². The lowest BCUT2D eigenvalue weighted by Gasteiger charge is -2.32. The highest BCUT2D eigenvalue weighted by molar-refractivity contribution is 9.09. The minimum Gasteiger partial charge on any atom is -0.464 e. The standard InChI is InChI=1S/C17H24BrNO4/c1-5-23-17(21)14(9-10-18)19(15(20)11-22-4)16-12(2)7-6-8-13(16)3/h6-8,14H,5,9-11H2,1-4H3. The van der Waals surface area contributed by atoms with Gasteiger partial charge in [0.2, 0.25) is 0 Å². The fraction of sp³-hybridized carbons (Fsp3) is 0.529. The Bertz CT molecular complexity index is 527. The van der Waals surface area contributed by atoms with Crippen LogP contribution in [0.4, 0.5) is 5.69 Å². The molecule has 1 aromatic rings. The molecule has 1 amide bonds. The summed E-state index contributed by atoms with van der Waals surface area (Å²) in [5.74, 6) is -0.664. The van der Waals surface area contributed by atoms with Gasteiger partial charge in [0, 0.05) is 12.4 Å². The Kier molecular flexibility index (Phi) is 8.26. The minimum atomic E-state index is -0.684. The third kappa shape index (κ3) is 5.04. The number of carbonyl (C=O) groups is 2. The number of rotatable bonds is 8. The maximum atomic E-state index is 12.7. The molecule has 0 radical (unpaired) electrons. The van der Waals surface area contributed by atoms with Crippen LogP contribution < -0.4 is 4.90 Å². The Morgan fingerprint density at radius 1 is 1.26 bits per heavy atom. The summed E-state index contributed by atoms with van der Waals surface area (Å²) in [5.41, 5.74) is 2.60. The fourth-order valence-corrected chi connectivity index (χ4v) is 2.96. The lowest BCUT2D eigenvalue weighted by Crippen LogP contribution is -2.48. The molecule has 1 atom stereocenters. The van der Waals surface area contributed by atoms with E-state index in [1.54, 1.807) is 6.92 Å². The van der Waals surface area contributed by atoms with Gasteiger partial charge < -0.3 is 9.47 Å². The molecule has 1 aromatic carbocycles. The van der Waals surface area contributed by atoms with E-state index in [9.17, 15) is 9.59 Å². The number of alkyl halides is 1. The Morgan fingerprint density at radius 3 is 2.35 bits per heavy atom. The van der Waals surface area contributed by atoms with Gasteiger partial charge in [-0.15, -0.1) is 0 Å². The molecule has 0 saturated carbocycles. The zero-order valence-corrected chi connectivity index (χ0v) is 15.7. The van der Waals surface area contributed by atoms with Crippen molar-refractivity contribution in [1.82, 2.24) is 0 Å². The molecule has 23 heavy (non-hydrogen) atoms. The molecular formula is C17H24BrNO4. The number of hydrogen-bond acceptors (Lipinski definition) is 4. The molecule has 0 aliphatic carbocycles. The van der Waals surface area contributed by atoms with Crippen molar-refractivity contribution in [2.75, 3.05) is 30.6 Å². The van der Waals surface area contributed by atoms with Gasteiger partial charge in [0.15, 0.2) is 0 Å². The van der Waals surface area contributed by atoms with Crippen LogP contribution in [0.15, 0.2) is 18.2 Å². The number of esters is 1. The molecule has 0 aliphatic rings. The third-order valence-corrected chi connectivity index (χ3v) is 3.93. The number of anilines is 1. The number of amides is 1. The monoisotopic (exact) mass is 385 g/mol. The van der Waals surface area contributed by atoms with Gasteiger partial charge in [-0.1, -0.05) is 34.1 Å². The number of aryl methyl sites for hydroxylation is 2. The molecule has 1 unspecified atom stereocenters. The maximum Gasteiger partial charge on any atom is 0.329 e. The van der Waals surface area contributed by atoms with E-state index in [0.29, 0.717) is 11.8 Å². The predicted octanol–water partition coefficient (Wildman–Crippen LogP) is 3.00. The zero-order valence-electron chi connectivity index (χ0n) is 14.1. The van der Waals surface area contributed by atoms with E-state index in [1.807, 2.05) is 32.0 Å². The summed E-state index contributed by atoms with van der Waals surface area (Å²) in [4.78, 5) is 26.6. The molecule has 5 nitrogen and oxygen atoms in total. The van der Waals surface area contributed by atoms with Crippen molar-refractivity contribution in [2.45, 2.75) is 33.2 Å². The van der Waals surface area contributed by atoms with E-state index in [4.69, 9.17) is 9.47 Å². The van der Waals surface area contributed by atoms with Crippen LogP contribution in [0.5, 0.6) is 0 Å². The third-order valence-electron chi connectivity index (χ3n) is 3.47. The topological polar surface area (TPSA) is 55.8 Å². The van der Waals surface area contributed by atoms with Crippen LogP contribution in [-0.4, -0.2) is 43.6 Å². The number of nitrogens with zero attached hydrogens (tertiary/aromatic N) is 1. The molecule has 0 heterocycles. The van der Waals surface area contributed by atoms with Gasteiger partial charge in [0.05, 0.1) is 12.3 Å². The van der Waals surface area contributed by atoms with E-state index >= 15 is 0 Å². The largest absolute Gasteiger partial charge is 0.464 e. The highest BCUT2D eigenvalue weighted by Crippen LogP contribution is 2.28. The summed E-state index contributed by atoms with van der Waals surface area (Å²) in [6, 6.07) is 5.09. The van der Waals surface area contributed by atoms with Crippen LogP contribution in [0.2, 0.25) is 0 Å². The molecule has 0 bridgehead atoms. The Balaban J connectivity index is 3.37. The Hall–Kier alpha value is -1.40. The van der Waals surface area contributed by atoms with Crippen LogP contribution in [0.3, 0.4) is 0 Å². The van der Waals surface area contributed by atoms with Crippen molar-refractivity contribution in [3.63, 3.8) is 0 Å². The highest BCUT2D eigenvalue weighted by Gasteiger charge is 2.33. The number of carbonyl (C=O) groups excluding carboxylic acids is 2. The summed E-state index contributed by atoms with van der Waals surface area (Å²) in [6.07, 6.45) is 0.460. The molecule has 0 fully saturated rings. The number of halogens is 1. The van der Waals surface area contributed by atoms with Gasteiger partial charge in [-0.25, -0.2) is 4.79 Å². The number of benzene rings is 1. The summed E-state index contributed by atoms with van der Waals surface area (Å²) >= 11 is 3.36. The van der Waals surface area contributed by atoms with Crippen molar-refractivity contribution < 1.29 is 19.1 Å². The second-order valence-electron chi connectivity index (χ2n) is 5.18. The van der Waals surface area contributed by atoms with Gasteiger partial charge in [-0.2, -0.15) is 0 Å². The maximum absolute atomic E-state index is 12.7. The van der Waals surface area contributed by atoms with Crippen LogP contribution in [-0.2, 0) is 19.1 Å². The Morgan fingerprint density at radius 2 is 1.87 bits per heavy atom. The summed E-state index contributed by atoms with van der Waals surface area (Å²) in [6.45, 7) is 5.78. The first-order chi connectivity index (χ1) is 11.0. The smallest absolute Gasteiger partial charge is 0.329 e. The average Bonchev–Trinajstić information content (AvgIpc) is 2.49. The lowest BCUT2D eigenvalue weighted by molar-refractivity contribution is -0.146. The second kappa shape index (κ2) is 9.67. The van der Waals surface area contributed by atoms with Gasteiger partial charge in [-0.05, 0) is 38.3 Å². The molecule has 0 aromatic heterocycles. The van der Waals surface area contributed by atoms with Crippen LogP contribution in [0, 0.1) is 13.8 Å². The van der Waals surface area contributed by atoms with Crippen molar-refractivity contribution in [3.05, 3.63) is 29.3 Å². The molecule has 0 aliphatic heterocycles. The quantitative estimate of drug-likeness (QED) is 0.509. The van der Waals surface area contributed by atoms with E-state index < -0.39 is 12.0 Å². The summed E-state index contributed by atoms with van der Waals surface area (Å²) in [7, 11) is 1.46. The summed E-state index contributed by atoms with van der Waals surface area (Å²) < 4.78 is 10.2. The summed E-state index contributed by atoms with van der Waals surface area (Å²) in [5, 5.41) is 0.582. The average molecular weight is 386 g/mol. The molecule has 128 valence electrons. The molecule has 0 N–H and O–H groups in total. The van der Waals surface area contributed by atoms with Crippen LogP contribution in [0.1, 0.15) is 24.5 Å². The zero-order chi connectivity index (χ0) is 17.4. The van der Waals surface area contributed by atoms with E-state index in [-0.39, 0.29) is 19.1 Å². The van der Waals surface area contributed by atoms with Gasteiger partial charge in [0.25, 0.3) is 5.91 Å². The molecule has 0 spiro atoms. The Labute approximate surface area is 146 Å². The number of para-hydroxylation sites is 1. The van der Waals surface area contributed by atoms with E-state index in [2.05, 4.69) is 15.9 Å². The van der Waals surface area contributed by atoms with Gasteiger partial charge >= 0.3 is 5.97 Å². The first kappa shape index (κ1) is 19.6. The van der Waals surface area contributed by atoms with Gasteiger partial charge in [-0.3, -0.25) is 9.69 Å². The van der Waals surface area contributed by atoms with Crippen LogP contribution in [0.25, 0.3) is 0 Å². The van der Waals surface area contributed by atoms with Crippen LogP contribution >= 0.6 is 15.9 Å². The van der Waals surface area contributed by atoms with Crippen molar-refractivity contribution >= 4 is 33.5 Å². The number of methoxy groups -OCH3 is 1. The van der Waals surface area contributed by atoms with Gasteiger partial charge in [0.1, 0.15) is 12.6 Å². The lowest BCUT2D eigenvalue weighted by atomic mass is 10.0. The number of ether oxygens (including phenoxy) is 2.